The molecule has 0 saturated carbocycles. The molecule has 0 fully saturated rings. The molecule has 0 aliphatic carbocycles. The molecule has 2 nitrogen and oxygen atoms in total. The van der Waals surface area contributed by atoms with E-state index in [2.05, 4.69) is 6.92 Å². The van der Waals surface area contributed by atoms with Crippen LogP contribution in [0.4, 0.5) is 0 Å². The summed E-state index contributed by atoms with van der Waals surface area (Å²) in [6.45, 7) is 2.87. The molecule has 3 N–H and O–H groups in total. The molecular weight excluding hydrogens is 174 g/mol. The Hall–Kier alpha value is -1.02. The third kappa shape index (κ3) is 2.74. The molecule has 0 aliphatic rings. The summed E-state index contributed by atoms with van der Waals surface area (Å²) in [6, 6.07) is 7.58. The van der Waals surface area contributed by atoms with Crippen molar-refractivity contribution in [3.8, 4) is 5.75 Å². The lowest BCUT2D eigenvalue weighted by molar-refractivity contribution is 0.453. The van der Waals surface area contributed by atoms with E-state index in [0.717, 1.165) is 31.4 Å². The predicted molar refractivity (Wildman–Crippen MR) is 59.4 cm³/mol. The van der Waals surface area contributed by atoms with Crippen LogP contribution in [0.5, 0.6) is 5.75 Å². The van der Waals surface area contributed by atoms with Gasteiger partial charge in [0.05, 0.1) is 0 Å². The standard InChI is InChI=1S/C12H19NO/c1-2-10(6-5-9-13)11-7-3-4-8-12(11)14/h3-4,7-8,10,14H,2,5-6,9,13H2,1H3. The average molecular weight is 193 g/mol. The van der Waals surface area contributed by atoms with Crippen molar-refractivity contribution >= 4 is 0 Å². The monoisotopic (exact) mass is 193 g/mol. The zero-order valence-corrected chi connectivity index (χ0v) is 8.74. The summed E-state index contributed by atoms with van der Waals surface area (Å²) >= 11 is 0. The van der Waals surface area contributed by atoms with Crippen LogP contribution in [0, 0.1) is 0 Å². The Morgan fingerprint density at radius 1 is 1.36 bits per heavy atom. The number of rotatable bonds is 5. The molecule has 1 rings (SSSR count). The number of hydrogen-bond donors (Lipinski definition) is 2. The van der Waals surface area contributed by atoms with Crippen molar-refractivity contribution in [2.75, 3.05) is 6.54 Å². The number of hydrogen-bond acceptors (Lipinski definition) is 2. The lowest BCUT2D eigenvalue weighted by atomic mass is 9.91. The van der Waals surface area contributed by atoms with Gasteiger partial charge in [-0.1, -0.05) is 25.1 Å². The normalized spacial score (nSPS) is 12.7. The van der Waals surface area contributed by atoms with Crippen LogP contribution in [0.2, 0.25) is 0 Å². The van der Waals surface area contributed by atoms with Crippen LogP contribution in [0.1, 0.15) is 37.7 Å². The number of nitrogens with two attached hydrogens (primary N) is 1. The minimum absolute atomic E-state index is 0.413. The van der Waals surface area contributed by atoms with Crippen molar-refractivity contribution in [1.29, 1.82) is 0 Å². The SMILES string of the molecule is CCC(CCCN)c1ccccc1O. The maximum atomic E-state index is 9.68. The third-order valence-electron chi connectivity index (χ3n) is 2.63. The van der Waals surface area contributed by atoms with Crippen LogP contribution in [0.3, 0.4) is 0 Å². The lowest BCUT2D eigenvalue weighted by Crippen LogP contribution is -2.03. The van der Waals surface area contributed by atoms with Crippen LogP contribution in [0.25, 0.3) is 0 Å². The van der Waals surface area contributed by atoms with Crippen molar-refractivity contribution in [3.63, 3.8) is 0 Å². The van der Waals surface area contributed by atoms with Crippen molar-refractivity contribution in [2.45, 2.75) is 32.1 Å². The first-order valence-corrected chi connectivity index (χ1v) is 5.27. The van der Waals surface area contributed by atoms with E-state index in [4.69, 9.17) is 5.73 Å². The second-order valence-electron chi connectivity index (χ2n) is 3.59. The fourth-order valence-corrected chi connectivity index (χ4v) is 1.78. The fraction of sp³-hybridized carbons (Fsp3) is 0.500. The van der Waals surface area contributed by atoms with E-state index in [1.165, 1.54) is 0 Å². The fourth-order valence-electron chi connectivity index (χ4n) is 1.78. The van der Waals surface area contributed by atoms with E-state index in [0.29, 0.717) is 11.7 Å². The van der Waals surface area contributed by atoms with Crippen molar-refractivity contribution in [1.82, 2.24) is 0 Å². The van der Waals surface area contributed by atoms with E-state index in [1.807, 2.05) is 18.2 Å². The molecule has 1 atom stereocenters. The van der Waals surface area contributed by atoms with Gasteiger partial charge in [-0.15, -0.1) is 0 Å². The van der Waals surface area contributed by atoms with Crippen LogP contribution in [0.15, 0.2) is 24.3 Å². The first-order chi connectivity index (χ1) is 6.79. The van der Waals surface area contributed by atoms with Gasteiger partial charge in [-0.3, -0.25) is 0 Å². The summed E-state index contributed by atoms with van der Waals surface area (Å²) < 4.78 is 0. The zero-order chi connectivity index (χ0) is 10.4. The van der Waals surface area contributed by atoms with Gasteiger partial charge < -0.3 is 10.8 Å². The van der Waals surface area contributed by atoms with Crippen molar-refractivity contribution in [2.24, 2.45) is 5.73 Å². The van der Waals surface area contributed by atoms with Crippen LogP contribution < -0.4 is 5.73 Å². The van der Waals surface area contributed by atoms with Gasteiger partial charge in [-0.05, 0) is 43.4 Å². The summed E-state index contributed by atoms with van der Waals surface area (Å²) in [5.74, 6) is 0.858. The van der Waals surface area contributed by atoms with E-state index in [9.17, 15) is 5.11 Å². The second-order valence-corrected chi connectivity index (χ2v) is 3.59. The van der Waals surface area contributed by atoms with Crippen molar-refractivity contribution in [3.05, 3.63) is 29.8 Å². The number of phenols is 1. The first kappa shape index (κ1) is 11.1. The second kappa shape index (κ2) is 5.66. The summed E-state index contributed by atoms with van der Waals surface area (Å²) in [7, 11) is 0. The Bertz CT molecular complexity index is 273. The molecule has 0 spiro atoms. The molecular formula is C12H19NO. The average Bonchev–Trinajstić information content (AvgIpc) is 2.21. The molecule has 1 aromatic rings. The van der Waals surface area contributed by atoms with Gasteiger partial charge in [0.15, 0.2) is 0 Å². The molecule has 0 bridgehead atoms. The van der Waals surface area contributed by atoms with Gasteiger partial charge in [-0.25, -0.2) is 0 Å². The number of aromatic hydroxyl groups is 1. The van der Waals surface area contributed by atoms with Crippen LogP contribution >= 0.6 is 0 Å². The number of phenolic OH excluding ortho intramolecular Hbond substituents is 1. The molecule has 0 heterocycles. The number of para-hydroxylation sites is 1. The molecule has 78 valence electrons. The summed E-state index contributed by atoms with van der Waals surface area (Å²) in [4.78, 5) is 0. The Morgan fingerprint density at radius 3 is 2.64 bits per heavy atom. The molecule has 0 radical (unpaired) electrons. The molecule has 14 heavy (non-hydrogen) atoms. The molecule has 0 aromatic heterocycles. The van der Waals surface area contributed by atoms with Gasteiger partial charge >= 0.3 is 0 Å². The quantitative estimate of drug-likeness (QED) is 0.755. The van der Waals surface area contributed by atoms with Crippen LogP contribution in [-0.2, 0) is 0 Å². The molecule has 1 unspecified atom stereocenters. The Morgan fingerprint density at radius 2 is 2.07 bits per heavy atom. The first-order valence-electron chi connectivity index (χ1n) is 5.27. The summed E-state index contributed by atoms with van der Waals surface area (Å²) in [5, 5.41) is 9.68. The lowest BCUT2D eigenvalue weighted by Gasteiger charge is -2.15. The van der Waals surface area contributed by atoms with Crippen LogP contribution in [-0.4, -0.2) is 11.7 Å². The van der Waals surface area contributed by atoms with E-state index < -0.39 is 0 Å². The Kier molecular flexibility index (Phi) is 4.47. The zero-order valence-electron chi connectivity index (χ0n) is 8.74. The highest BCUT2D eigenvalue weighted by Gasteiger charge is 2.11. The van der Waals surface area contributed by atoms with E-state index in [1.54, 1.807) is 6.07 Å². The third-order valence-corrected chi connectivity index (χ3v) is 2.63. The molecule has 0 aliphatic heterocycles. The molecule has 1 aromatic carbocycles. The van der Waals surface area contributed by atoms with Gasteiger partial charge in [0, 0.05) is 0 Å². The van der Waals surface area contributed by atoms with Gasteiger partial charge in [-0.2, -0.15) is 0 Å². The van der Waals surface area contributed by atoms with E-state index >= 15 is 0 Å². The number of benzene rings is 1. The van der Waals surface area contributed by atoms with Crippen molar-refractivity contribution < 1.29 is 5.11 Å². The van der Waals surface area contributed by atoms with E-state index in [-0.39, 0.29) is 0 Å². The Balaban J connectivity index is 2.73. The van der Waals surface area contributed by atoms with Gasteiger partial charge in [0.2, 0.25) is 0 Å². The maximum absolute atomic E-state index is 9.68. The van der Waals surface area contributed by atoms with Gasteiger partial charge in [0.1, 0.15) is 5.75 Å². The van der Waals surface area contributed by atoms with Gasteiger partial charge in [0.25, 0.3) is 0 Å². The summed E-state index contributed by atoms with van der Waals surface area (Å²) in [6.07, 6.45) is 3.13. The highest BCUT2D eigenvalue weighted by Crippen LogP contribution is 2.30. The predicted octanol–water partition coefficient (Wildman–Crippen LogP) is 2.62. The largest absolute Gasteiger partial charge is 0.508 e. The minimum Gasteiger partial charge on any atom is -0.508 e. The highest BCUT2D eigenvalue weighted by atomic mass is 16.3. The smallest absolute Gasteiger partial charge is 0.119 e. The molecule has 0 saturated heterocycles. The molecule has 0 amide bonds. The topological polar surface area (TPSA) is 46.2 Å². The Labute approximate surface area is 85.8 Å². The maximum Gasteiger partial charge on any atom is 0.119 e. The molecule has 2 heteroatoms. The minimum atomic E-state index is 0.413. The summed E-state index contributed by atoms with van der Waals surface area (Å²) in [5.41, 5.74) is 6.54. The highest BCUT2D eigenvalue weighted by molar-refractivity contribution is 5.34.